The van der Waals surface area contributed by atoms with Crippen LogP contribution in [0.25, 0.3) is 0 Å². The predicted molar refractivity (Wildman–Crippen MR) is 124 cm³/mol. The fourth-order valence-electron chi connectivity index (χ4n) is 5.68. The maximum atomic E-state index is 13.9. The predicted octanol–water partition coefficient (Wildman–Crippen LogP) is 3.94. The van der Waals surface area contributed by atoms with Gasteiger partial charge in [-0.15, -0.1) is 0 Å². The molecule has 1 spiro atoms. The summed E-state index contributed by atoms with van der Waals surface area (Å²) < 4.78 is 41.0. The molecule has 2 saturated heterocycles. The van der Waals surface area contributed by atoms with Crippen LogP contribution in [0.3, 0.4) is 0 Å². The number of carbonyl (C=O) groups is 1. The van der Waals surface area contributed by atoms with E-state index >= 15 is 0 Å². The van der Waals surface area contributed by atoms with Crippen molar-refractivity contribution in [1.29, 1.82) is 0 Å². The Bertz CT molecular complexity index is 1200. The van der Waals surface area contributed by atoms with Gasteiger partial charge in [0.1, 0.15) is 22.9 Å². The highest BCUT2D eigenvalue weighted by Crippen LogP contribution is 2.44. The Morgan fingerprint density at radius 2 is 1.97 bits per heavy atom. The molecule has 3 aliphatic rings. The summed E-state index contributed by atoms with van der Waals surface area (Å²) in [4.78, 5) is 15.3. The number of halogens is 1. The average Bonchev–Trinajstić information content (AvgIpc) is 2.89. The molecule has 5 rings (SSSR count). The van der Waals surface area contributed by atoms with Crippen LogP contribution in [0.5, 0.6) is 5.75 Å². The number of aromatic hydroxyl groups is 1. The average molecular weight is 473 g/mol. The van der Waals surface area contributed by atoms with Crippen LogP contribution in [0.2, 0.25) is 0 Å². The van der Waals surface area contributed by atoms with E-state index < -0.39 is 27.1 Å². The molecule has 1 aliphatic carbocycles. The van der Waals surface area contributed by atoms with Gasteiger partial charge < -0.3 is 5.11 Å². The minimum atomic E-state index is -3.86. The summed E-state index contributed by atoms with van der Waals surface area (Å²) in [5.41, 5.74) is 1.15. The zero-order chi connectivity index (χ0) is 23.4. The van der Waals surface area contributed by atoms with E-state index in [1.54, 1.807) is 12.1 Å². The highest BCUT2D eigenvalue weighted by atomic mass is 32.2. The molecule has 3 fully saturated rings. The number of Topliss-reactive ketones (excluding diaryl/α,β-unsaturated/α-hetero) is 1. The van der Waals surface area contributed by atoms with Crippen LogP contribution in [0.4, 0.5) is 10.1 Å². The van der Waals surface area contributed by atoms with Crippen molar-refractivity contribution in [2.75, 3.05) is 16.6 Å². The van der Waals surface area contributed by atoms with Gasteiger partial charge >= 0.3 is 0 Å². The SMILES string of the molecule is C[C@H]1C[C@]2(CCN1Cc1ccc(O)c(C3CCC3)c1)C(=O)CS(=O)(=O)N2c1cccc(F)c1. The number of phenols is 1. The molecular formula is C25H29FN2O4S. The number of likely N-dealkylation sites (tertiary alicyclic amines) is 1. The minimum Gasteiger partial charge on any atom is -0.508 e. The van der Waals surface area contributed by atoms with Crippen LogP contribution in [0.15, 0.2) is 42.5 Å². The van der Waals surface area contributed by atoms with E-state index in [-0.39, 0.29) is 17.5 Å². The largest absolute Gasteiger partial charge is 0.508 e. The van der Waals surface area contributed by atoms with Gasteiger partial charge in [-0.1, -0.05) is 24.6 Å². The van der Waals surface area contributed by atoms with Crippen molar-refractivity contribution in [2.24, 2.45) is 0 Å². The van der Waals surface area contributed by atoms with Crippen molar-refractivity contribution >= 4 is 21.5 Å². The van der Waals surface area contributed by atoms with Crippen molar-refractivity contribution < 1.29 is 22.7 Å². The quantitative estimate of drug-likeness (QED) is 0.729. The molecule has 0 unspecified atom stereocenters. The van der Waals surface area contributed by atoms with Crippen molar-refractivity contribution in [1.82, 2.24) is 4.90 Å². The van der Waals surface area contributed by atoms with Crippen molar-refractivity contribution in [3.63, 3.8) is 0 Å². The van der Waals surface area contributed by atoms with Gasteiger partial charge in [0.2, 0.25) is 10.0 Å². The van der Waals surface area contributed by atoms with Gasteiger partial charge in [-0.2, -0.15) is 0 Å². The minimum absolute atomic E-state index is 0.0481. The number of sulfonamides is 1. The van der Waals surface area contributed by atoms with E-state index in [0.717, 1.165) is 24.0 Å². The molecule has 2 heterocycles. The number of hydrogen-bond acceptors (Lipinski definition) is 5. The molecule has 1 N–H and O–H groups in total. The van der Waals surface area contributed by atoms with Crippen LogP contribution >= 0.6 is 0 Å². The number of ketones is 1. The summed E-state index contributed by atoms with van der Waals surface area (Å²) in [5.74, 6) is -0.610. The molecule has 2 aromatic carbocycles. The van der Waals surface area contributed by atoms with Crippen molar-refractivity contribution in [3.05, 3.63) is 59.4 Å². The van der Waals surface area contributed by atoms with Crippen LogP contribution in [0, 0.1) is 5.82 Å². The van der Waals surface area contributed by atoms with Gasteiger partial charge in [-0.3, -0.25) is 14.0 Å². The number of hydrogen-bond donors (Lipinski definition) is 1. The Morgan fingerprint density at radius 3 is 2.64 bits per heavy atom. The molecular weight excluding hydrogens is 443 g/mol. The molecule has 176 valence electrons. The van der Waals surface area contributed by atoms with Crippen LogP contribution < -0.4 is 4.31 Å². The lowest BCUT2D eigenvalue weighted by Gasteiger charge is -2.46. The Morgan fingerprint density at radius 1 is 1.18 bits per heavy atom. The molecule has 0 aromatic heterocycles. The normalized spacial score (nSPS) is 27.8. The standard InChI is InChI=1S/C25H29FN2O4S/c1-17-14-25(24(30)16-33(31,32)28(25)21-7-3-6-20(26)13-21)10-11-27(17)15-18-8-9-23(29)22(12-18)19-4-2-5-19/h3,6-9,12-13,17,19,29H,2,4-5,10-11,14-16H2,1H3/t17-,25+/m0/s1. The summed E-state index contributed by atoms with van der Waals surface area (Å²) in [6, 6.07) is 11.2. The first-order valence-corrected chi connectivity index (χ1v) is 13.2. The summed E-state index contributed by atoms with van der Waals surface area (Å²) in [5, 5.41) is 10.3. The van der Waals surface area contributed by atoms with E-state index in [4.69, 9.17) is 0 Å². The lowest BCUT2D eigenvalue weighted by molar-refractivity contribution is -0.123. The second-order valence-electron chi connectivity index (χ2n) is 9.75. The Hall–Kier alpha value is -2.45. The third kappa shape index (κ3) is 3.83. The smallest absolute Gasteiger partial charge is 0.243 e. The van der Waals surface area contributed by atoms with E-state index in [2.05, 4.69) is 11.0 Å². The first kappa shape index (κ1) is 22.3. The first-order chi connectivity index (χ1) is 15.7. The molecule has 1 saturated carbocycles. The third-order valence-electron chi connectivity index (χ3n) is 7.63. The number of nitrogens with zero attached hydrogens (tertiary/aromatic N) is 2. The van der Waals surface area contributed by atoms with E-state index in [9.17, 15) is 22.7 Å². The Labute approximate surface area is 194 Å². The third-order valence-corrected chi connectivity index (χ3v) is 9.38. The second kappa shape index (κ2) is 8.09. The summed E-state index contributed by atoms with van der Waals surface area (Å²) in [6.45, 7) is 3.22. The number of rotatable bonds is 4. The van der Waals surface area contributed by atoms with Gasteiger partial charge in [0.05, 0.1) is 5.69 Å². The zero-order valence-corrected chi connectivity index (χ0v) is 19.5. The molecule has 8 heteroatoms. The number of piperidine rings is 1. The summed E-state index contributed by atoms with van der Waals surface area (Å²) in [6.07, 6.45) is 4.12. The second-order valence-corrected chi connectivity index (χ2v) is 11.6. The van der Waals surface area contributed by atoms with Gasteiger partial charge in [0, 0.05) is 19.1 Å². The molecule has 6 nitrogen and oxygen atoms in total. The fraction of sp³-hybridized carbons (Fsp3) is 0.480. The van der Waals surface area contributed by atoms with Crippen molar-refractivity contribution in [3.8, 4) is 5.75 Å². The van der Waals surface area contributed by atoms with Gasteiger partial charge in [-0.05, 0) is 73.9 Å². The van der Waals surface area contributed by atoms with Crippen molar-refractivity contribution in [2.45, 2.75) is 63.1 Å². The molecule has 0 amide bonds. The Kier molecular flexibility index (Phi) is 5.48. The molecule has 2 aromatic rings. The van der Waals surface area contributed by atoms with Gasteiger partial charge in [0.15, 0.2) is 5.78 Å². The maximum Gasteiger partial charge on any atom is 0.243 e. The lowest BCUT2D eigenvalue weighted by Crippen LogP contribution is -2.59. The lowest BCUT2D eigenvalue weighted by atomic mass is 9.78. The monoisotopic (exact) mass is 472 g/mol. The number of carbonyl (C=O) groups excluding carboxylic acids is 1. The maximum absolute atomic E-state index is 13.9. The molecule has 0 radical (unpaired) electrons. The zero-order valence-electron chi connectivity index (χ0n) is 18.7. The van der Waals surface area contributed by atoms with Crippen LogP contribution in [-0.4, -0.2) is 48.1 Å². The number of benzene rings is 2. The van der Waals surface area contributed by atoms with E-state index in [1.807, 2.05) is 13.0 Å². The highest BCUT2D eigenvalue weighted by molar-refractivity contribution is 7.94. The van der Waals surface area contributed by atoms with E-state index in [0.29, 0.717) is 37.6 Å². The molecule has 33 heavy (non-hydrogen) atoms. The fourth-order valence-corrected chi connectivity index (χ4v) is 7.64. The molecule has 2 atom stereocenters. The highest BCUT2D eigenvalue weighted by Gasteiger charge is 2.58. The van der Waals surface area contributed by atoms with Gasteiger partial charge in [-0.25, -0.2) is 12.8 Å². The first-order valence-electron chi connectivity index (χ1n) is 11.6. The van der Waals surface area contributed by atoms with Crippen LogP contribution in [-0.2, 0) is 21.4 Å². The van der Waals surface area contributed by atoms with E-state index in [1.165, 1.54) is 28.9 Å². The molecule has 0 bridgehead atoms. The number of phenolic OH excluding ortho intramolecular Hbond substituents is 1. The summed E-state index contributed by atoms with van der Waals surface area (Å²) in [7, 11) is -3.86. The topological polar surface area (TPSA) is 77.9 Å². The Balaban J connectivity index is 1.39. The van der Waals surface area contributed by atoms with Crippen LogP contribution in [0.1, 0.15) is 56.1 Å². The summed E-state index contributed by atoms with van der Waals surface area (Å²) >= 11 is 0. The van der Waals surface area contributed by atoms with Gasteiger partial charge in [0.25, 0.3) is 0 Å². The molecule has 2 aliphatic heterocycles. The number of anilines is 1.